The minimum absolute atomic E-state index is 0.129. The SMILES string of the molecule is Cc1cccc(OC(=O)c2noc3ccncc23)c1. The van der Waals surface area contributed by atoms with Gasteiger partial charge in [-0.25, -0.2) is 4.79 Å². The molecule has 0 N–H and O–H groups in total. The summed E-state index contributed by atoms with van der Waals surface area (Å²) in [6, 6.07) is 8.88. The Hall–Kier alpha value is -2.69. The summed E-state index contributed by atoms with van der Waals surface area (Å²) in [5, 5.41) is 4.27. The van der Waals surface area contributed by atoms with Gasteiger partial charge in [0.05, 0.1) is 5.39 Å². The molecule has 0 fully saturated rings. The monoisotopic (exact) mass is 254 g/mol. The lowest BCUT2D eigenvalue weighted by Crippen LogP contribution is -2.09. The number of esters is 1. The van der Waals surface area contributed by atoms with Crippen LogP contribution in [0, 0.1) is 6.92 Å². The third-order valence-electron chi connectivity index (χ3n) is 2.66. The van der Waals surface area contributed by atoms with Crippen LogP contribution in [0.3, 0.4) is 0 Å². The molecule has 0 saturated heterocycles. The Morgan fingerprint density at radius 3 is 3.05 bits per heavy atom. The molecule has 94 valence electrons. The smallest absolute Gasteiger partial charge is 0.366 e. The van der Waals surface area contributed by atoms with E-state index in [9.17, 15) is 4.79 Å². The van der Waals surface area contributed by atoms with E-state index in [4.69, 9.17) is 9.26 Å². The van der Waals surface area contributed by atoms with Crippen LogP contribution >= 0.6 is 0 Å². The number of carbonyl (C=O) groups is 1. The molecule has 5 nitrogen and oxygen atoms in total. The molecule has 5 heteroatoms. The van der Waals surface area contributed by atoms with Gasteiger partial charge in [-0.1, -0.05) is 17.3 Å². The molecular weight excluding hydrogens is 244 g/mol. The fourth-order valence-corrected chi connectivity index (χ4v) is 1.76. The summed E-state index contributed by atoms with van der Waals surface area (Å²) in [6.45, 7) is 1.92. The zero-order chi connectivity index (χ0) is 13.2. The van der Waals surface area contributed by atoms with Gasteiger partial charge >= 0.3 is 5.97 Å². The Kier molecular flexibility index (Phi) is 2.72. The fourth-order valence-electron chi connectivity index (χ4n) is 1.76. The van der Waals surface area contributed by atoms with E-state index < -0.39 is 5.97 Å². The molecule has 0 amide bonds. The average molecular weight is 254 g/mol. The molecule has 0 aliphatic rings. The van der Waals surface area contributed by atoms with Crippen LogP contribution in [0.5, 0.6) is 5.75 Å². The molecule has 0 saturated carbocycles. The molecule has 19 heavy (non-hydrogen) atoms. The van der Waals surface area contributed by atoms with E-state index in [1.54, 1.807) is 24.4 Å². The third-order valence-corrected chi connectivity index (χ3v) is 2.66. The second-order valence-corrected chi connectivity index (χ2v) is 4.11. The van der Waals surface area contributed by atoms with Crippen LogP contribution in [0.1, 0.15) is 16.1 Å². The number of benzene rings is 1. The number of pyridine rings is 1. The molecule has 0 atom stereocenters. The lowest BCUT2D eigenvalue weighted by molar-refractivity contribution is 0.0726. The van der Waals surface area contributed by atoms with Crippen LogP contribution in [-0.4, -0.2) is 16.1 Å². The molecule has 0 radical (unpaired) electrons. The summed E-state index contributed by atoms with van der Waals surface area (Å²) in [6.07, 6.45) is 3.10. The van der Waals surface area contributed by atoms with Crippen LogP contribution in [-0.2, 0) is 0 Å². The maximum atomic E-state index is 12.0. The highest BCUT2D eigenvalue weighted by Gasteiger charge is 2.18. The molecular formula is C14H10N2O3. The van der Waals surface area contributed by atoms with Gasteiger partial charge in [-0.15, -0.1) is 0 Å². The van der Waals surface area contributed by atoms with Crippen molar-refractivity contribution in [1.82, 2.24) is 10.1 Å². The van der Waals surface area contributed by atoms with Crippen LogP contribution in [0.25, 0.3) is 11.0 Å². The van der Waals surface area contributed by atoms with Crippen molar-refractivity contribution in [2.75, 3.05) is 0 Å². The summed E-state index contributed by atoms with van der Waals surface area (Å²) < 4.78 is 10.3. The molecule has 3 aromatic rings. The van der Waals surface area contributed by atoms with Gasteiger partial charge in [-0.2, -0.15) is 0 Å². The number of rotatable bonds is 2. The Labute approximate surface area is 108 Å². The summed E-state index contributed by atoms with van der Waals surface area (Å²) in [5.74, 6) is -0.0811. The molecule has 2 heterocycles. The highest BCUT2D eigenvalue weighted by Crippen LogP contribution is 2.19. The van der Waals surface area contributed by atoms with E-state index >= 15 is 0 Å². The van der Waals surface area contributed by atoms with Gasteiger partial charge in [-0.3, -0.25) is 4.98 Å². The number of nitrogens with zero attached hydrogens (tertiary/aromatic N) is 2. The third kappa shape index (κ3) is 2.18. The molecule has 0 spiro atoms. The summed E-state index contributed by atoms with van der Waals surface area (Å²) in [5.41, 5.74) is 1.65. The van der Waals surface area contributed by atoms with Crippen molar-refractivity contribution >= 4 is 16.9 Å². The number of fused-ring (bicyclic) bond motifs is 1. The molecule has 0 aliphatic carbocycles. The Balaban J connectivity index is 1.92. The second kappa shape index (κ2) is 4.53. The number of carbonyl (C=O) groups excluding carboxylic acids is 1. The van der Waals surface area contributed by atoms with E-state index in [2.05, 4.69) is 10.1 Å². The Bertz CT molecular complexity index is 749. The number of ether oxygens (including phenoxy) is 1. The highest BCUT2D eigenvalue weighted by atomic mass is 16.5. The highest BCUT2D eigenvalue weighted by molar-refractivity contribution is 6.01. The van der Waals surface area contributed by atoms with Crippen LogP contribution in [0.2, 0.25) is 0 Å². The minimum atomic E-state index is -0.558. The van der Waals surface area contributed by atoms with Crippen LogP contribution < -0.4 is 4.74 Å². The molecule has 0 bridgehead atoms. The maximum Gasteiger partial charge on any atom is 0.366 e. The second-order valence-electron chi connectivity index (χ2n) is 4.11. The van der Waals surface area contributed by atoms with E-state index in [0.29, 0.717) is 16.7 Å². The normalized spacial score (nSPS) is 10.6. The van der Waals surface area contributed by atoms with Gasteiger partial charge in [0.15, 0.2) is 5.58 Å². The van der Waals surface area contributed by atoms with Crippen molar-refractivity contribution in [3.63, 3.8) is 0 Å². The standard InChI is InChI=1S/C14H10N2O3/c1-9-3-2-4-10(7-9)18-14(17)13-11-8-15-6-5-12(11)19-16-13/h2-8H,1H3. The van der Waals surface area contributed by atoms with Crippen molar-refractivity contribution < 1.29 is 14.1 Å². The number of hydrogen-bond acceptors (Lipinski definition) is 5. The molecule has 1 aromatic carbocycles. The first-order valence-corrected chi connectivity index (χ1v) is 5.72. The zero-order valence-corrected chi connectivity index (χ0v) is 10.2. The first kappa shape index (κ1) is 11.4. The summed E-state index contributed by atoms with van der Waals surface area (Å²) >= 11 is 0. The molecule has 3 rings (SSSR count). The summed E-state index contributed by atoms with van der Waals surface area (Å²) in [7, 11) is 0. The molecule has 0 aliphatic heterocycles. The van der Waals surface area contributed by atoms with E-state index in [0.717, 1.165) is 5.56 Å². The lowest BCUT2D eigenvalue weighted by Gasteiger charge is -2.02. The first-order chi connectivity index (χ1) is 9.24. The van der Waals surface area contributed by atoms with Crippen LogP contribution in [0.4, 0.5) is 0 Å². The number of aromatic nitrogens is 2. The van der Waals surface area contributed by atoms with Crippen molar-refractivity contribution in [3.05, 3.63) is 54.0 Å². The molecule has 0 unspecified atom stereocenters. The van der Waals surface area contributed by atoms with Crippen LogP contribution in [0.15, 0.2) is 47.2 Å². The van der Waals surface area contributed by atoms with Gasteiger partial charge in [0.2, 0.25) is 5.69 Å². The largest absolute Gasteiger partial charge is 0.422 e. The quantitative estimate of drug-likeness (QED) is 0.519. The number of hydrogen-bond donors (Lipinski definition) is 0. The van der Waals surface area contributed by atoms with Crippen molar-refractivity contribution in [2.24, 2.45) is 0 Å². The van der Waals surface area contributed by atoms with E-state index in [1.807, 2.05) is 19.1 Å². The summed E-state index contributed by atoms with van der Waals surface area (Å²) in [4.78, 5) is 16.0. The zero-order valence-electron chi connectivity index (χ0n) is 10.2. The van der Waals surface area contributed by atoms with Gasteiger partial charge in [0.1, 0.15) is 5.75 Å². The van der Waals surface area contributed by atoms with Crippen molar-refractivity contribution in [2.45, 2.75) is 6.92 Å². The average Bonchev–Trinajstić information content (AvgIpc) is 2.82. The van der Waals surface area contributed by atoms with Gasteiger partial charge < -0.3 is 9.26 Å². The minimum Gasteiger partial charge on any atom is -0.422 e. The first-order valence-electron chi connectivity index (χ1n) is 5.72. The molecule has 2 aromatic heterocycles. The lowest BCUT2D eigenvalue weighted by atomic mass is 10.2. The van der Waals surface area contributed by atoms with Gasteiger partial charge in [0, 0.05) is 18.5 Å². The fraction of sp³-hybridized carbons (Fsp3) is 0.0714. The van der Waals surface area contributed by atoms with Crippen molar-refractivity contribution in [1.29, 1.82) is 0 Å². The van der Waals surface area contributed by atoms with Crippen molar-refractivity contribution in [3.8, 4) is 5.75 Å². The predicted octanol–water partition coefficient (Wildman–Crippen LogP) is 2.75. The van der Waals surface area contributed by atoms with E-state index in [1.165, 1.54) is 6.20 Å². The van der Waals surface area contributed by atoms with E-state index in [-0.39, 0.29) is 5.69 Å². The topological polar surface area (TPSA) is 65.2 Å². The van der Waals surface area contributed by atoms with Gasteiger partial charge in [0.25, 0.3) is 0 Å². The maximum absolute atomic E-state index is 12.0. The Morgan fingerprint density at radius 1 is 1.32 bits per heavy atom. The number of aryl methyl sites for hydroxylation is 1. The van der Waals surface area contributed by atoms with Gasteiger partial charge in [-0.05, 0) is 24.6 Å². The predicted molar refractivity (Wildman–Crippen MR) is 67.9 cm³/mol. The Morgan fingerprint density at radius 2 is 2.21 bits per heavy atom.